The van der Waals surface area contributed by atoms with Crippen LogP contribution in [0.3, 0.4) is 0 Å². The molecule has 4 unspecified atom stereocenters. The summed E-state index contributed by atoms with van der Waals surface area (Å²) in [6.45, 7) is 4.74. The summed E-state index contributed by atoms with van der Waals surface area (Å²) in [5.74, 6) is 1.00. The quantitative estimate of drug-likeness (QED) is 0.160. The molecule has 71 heavy (non-hydrogen) atoms. The molecule has 14 rings (SSSR count). The van der Waals surface area contributed by atoms with Crippen LogP contribution in [0.25, 0.3) is 94.5 Å². The first-order valence-corrected chi connectivity index (χ1v) is 24.7. The van der Waals surface area contributed by atoms with Crippen molar-refractivity contribution in [2.75, 3.05) is 4.90 Å². The van der Waals surface area contributed by atoms with Gasteiger partial charge in [0, 0.05) is 66.7 Å². The van der Waals surface area contributed by atoms with Crippen LogP contribution in [0.4, 0.5) is 11.4 Å². The fourth-order valence-corrected chi connectivity index (χ4v) is 12.0. The molecule has 5 heteroatoms. The average Bonchev–Trinajstić information content (AvgIpc) is 4.07. The smallest absolute Gasteiger partial charge is 0.160 e. The molecule has 8 aromatic carbocycles. The van der Waals surface area contributed by atoms with Crippen molar-refractivity contribution in [3.8, 4) is 50.7 Å². The molecule has 2 aliphatic carbocycles. The van der Waals surface area contributed by atoms with Gasteiger partial charge in [-0.1, -0.05) is 183 Å². The number of para-hydroxylation sites is 2. The predicted molar refractivity (Wildman–Crippen MR) is 294 cm³/mol. The summed E-state index contributed by atoms with van der Waals surface area (Å²) in [4.78, 5) is 13.2. The van der Waals surface area contributed by atoms with E-state index in [2.05, 4.69) is 254 Å². The van der Waals surface area contributed by atoms with Crippen molar-refractivity contribution in [1.82, 2.24) is 14.5 Å². The summed E-state index contributed by atoms with van der Waals surface area (Å²) in [7, 11) is 0. The Kier molecular flexibility index (Phi) is 9.37. The van der Waals surface area contributed by atoms with E-state index in [9.17, 15) is 0 Å². The van der Waals surface area contributed by atoms with E-state index in [4.69, 9.17) is 14.4 Å². The van der Waals surface area contributed by atoms with Gasteiger partial charge in [-0.25, -0.2) is 9.97 Å². The molecule has 0 N–H and O–H groups in total. The fraction of sp³-hybridized carbons (Fsp3) is 0.0909. The van der Waals surface area contributed by atoms with Crippen molar-refractivity contribution in [1.29, 1.82) is 0 Å². The number of furan rings is 1. The highest BCUT2D eigenvalue weighted by Gasteiger charge is 2.50. The van der Waals surface area contributed by atoms with Gasteiger partial charge in [-0.05, 0) is 84.6 Å². The molecule has 0 amide bonds. The van der Waals surface area contributed by atoms with Crippen LogP contribution in [0.5, 0.6) is 0 Å². The molecule has 0 radical (unpaired) electrons. The third-order valence-corrected chi connectivity index (χ3v) is 15.3. The Hall–Kier alpha value is -8.80. The number of fused-ring (bicyclic) bond motifs is 11. The van der Waals surface area contributed by atoms with Gasteiger partial charge in [-0.3, -0.25) is 0 Å². The first-order chi connectivity index (χ1) is 35.0. The third-order valence-electron chi connectivity index (χ3n) is 15.3. The largest absolute Gasteiger partial charge is 0.455 e. The van der Waals surface area contributed by atoms with Crippen LogP contribution in [-0.2, 0) is 5.41 Å². The van der Waals surface area contributed by atoms with Crippen LogP contribution in [0.15, 0.2) is 241 Å². The van der Waals surface area contributed by atoms with Crippen LogP contribution < -0.4 is 4.90 Å². The number of benzene rings is 8. The minimum absolute atomic E-state index is 0.0553. The summed E-state index contributed by atoms with van der Waals surface area (Å²) < 4.78 is 9.85. The Labute approximate surface area is 412 Å². The van der Waals surface area contributed by atoms with Gasteiger partial charge in [-0.15, -0.1) is 0 Å². The fourth-order valence-electron chi connectivity index (χ4n) is 12.0. The first kappa shape index (κ1) is 41.2. The van der Waals surface area contributed by atoms with Crippen molar-refractivity contribution in [2.45, 2.75) is 31.2 Å². The van der Waals surface area contributed by atoms with Crippen LogP contribution in [0.1, 0.15) is 30.9 Å². The summed E-state index contributed by atoms with van der Waals surface area (Å²) >= 11 is 0. The molecular formula is C66H48N4O. The standard InChI is InChI=1S/C66H48N4O/c1-42-21-15-16-30-48(42)53-40-46(55-41-54(44-24-9-4-10-25-44)67-65(68-55)45-26-11-5-12-27-45)39-52(43-22-7-3-8-23-43)62(53)70-58-37-35-50-49-34-36-57-60(51-31-17-18-32-56(51)69(57)47-28-13-6-14-29-47)63(49)71-64(50)61(58)66(2)38-20-19-33-59(66)70/h3-42,48,59H,1-2H3. The van der Waals surface area contributed by atoms with Crippen molar-refractivity contribution in [3.05, 3.63) is 248 Å². The lowest BCUT2D eigenvalue weighted by Crippen LogP contribution is -2.40. The first-order valence-electron chi connectivity index (χ1n) is 24.7. The molecule has 5 nitrogen and oxygen atoms in total. The van der Waals surface area contributed by atoms with E-state index in [0.717, 1.165) is 88.9 Å². The maximum Gasteiger partial charge on any atom is 0.160 e. The van der Waals surface area contributed by atoms with Crippen LogP contribution in [0.2, 0.25) is 0 Å². The number of hydrogen-bond acceptors (Lipinski definition) is 4. The zero-order valence-corrected chi connectivity index (χ0v) is 39.4. The summed E-state index contributed by atoms with van der Waals surface area (Å²) in [6.07, 6.45) is 18.4. The number of aromatic nitrogens is 3. The zero-order chi connectivity index (χ0) is 47.2. The van der Waals surface area contributed by atoms with Crippen LogP contribution >= 0.6 is 0 Å². The van der Waals surface area contributed by atoms with Crippen LogP contribution in [0, 0.1) is 5.92 Å². The van der Waals surface area contributed by atoms with Crippen molar-refractivity contribution >= 4 is 55.1 Å². The van der Waals surface area contributed by atoms with Crippen molar-refractivity contribution < 1.29 is 4.42 Å². The van der Waals surface area contributed by atoms with Crippen molar-refractivity contribution in [3.63, 3.8) is 0 Å². The predicted octanol–water partition coefficient (Wildman–Crippen LogP) is 16.9. The lowest BCUT2D eigenvalue weighted by atomic mass is 9.75. The van der Waals surface area contributed by atoms with Gasteiger partial charge in [0.1, 0.15) is 11.2 Å². The van der Waals surface area contributed by atoms with Gasteiger partial charge in [0.15, 0.2) is 5.82 Å². The van der Waals surface area contributed by atoms with Gasteiger partial charge in [0.25, 0.3) is 0 Å². The monoisotopic (exact) mass is 912 g/mol. The van der Waals surface area contributed by atoms with E-state index in [-0.39, 0.29) is 17.9 Å². The zero-order valence-electron chi connectivity index (χ0n) is 39.4. The Morgan fingerprint density at radius 1 is 0.521 bits per heavy atom. The Balaban J connectivity index is 1.05. The normalized spacial score (nSPS) is 19.1. The molecule has 3 aromatic heterocycles. The lowest BCUT2D eigenvalue weighted by Gasteiger charge is -2.38. The van der Waals surface area contributed by atoms with E-state index in [1.165, 1.54) is 22.2 Å². The van der Waals surface area contributed by atoms with Gasteiger partial charge in [0.2, 0.25) is 0 Å². The third kappa shape index (κ3) is 6.39. The van der Waals surface area contributed by atoms with Gasteiger partial charge in [-0.2, -0.15) is 0 Å². The molecular weight excluding hydrogens is 865 g/mol. The molecule has 0 spiro atoms. The van der Waals surface area contributed by atoms with Gasteiger partial charge >= 0.3 is 0 Å². The second-order valence-electron chi connectivity index (χ2n) is 19.5. The van der Waals surface area contributed by atoms with E-state index in [1.807, 2.05) is 6.07 Å². The molecule has 0 saturated heterocycles. The number of hydrogen-bond donors (Lipinski definition) is 0. The molecule has 0 fully saturated rings. The molecule has 3 aliphatic rings. The molecule has 4 atom stereocenters. The minimum atomic E-state index is -0.436. The minimum Gasteiger partial charge on any atom is -0.455 e. The highest BCUT2D eigenvalue weighted by Crippen LogP contribution is 2.59. The lowest BCUT2D eigenvalue weighted by molar-refractivity contribution is 0.542. The second-order valence-corrected chi connectivity index (χ2v) is 19.5. The van der Waals surface area contributed by atoms with Crippen LogP contribution in [-0.4, -0.2) is 20.6 Å². The average molecular weight is 913 g/mol. The summed E-state index contributed by atoms with van der Waals surface area (Å²) in [6, 6.07) is 67.2. The number of rotatable bonds is 7. The number of anilines is 2. The van der Waals surface area contributed by atoms with E-state index in [0.29, 0.717) is 5.82 Å². The van der Waals surface area contributed by atoms with Gasteiger partial charge < -0.3 is 13.9 Å². The number of allylic oxidation sites excluding steroid dienone is 6. The van der Waals surface area contributed by atoms with Crippen molar-refractivity contribution in [2.24, 2.45) is 5.92 Å². The SMILES string of the molecule is CC1C=CC=CC1c1cc(-c2cc(-c3ccccc3)nc(-c3ccccc3)n2)cc(-c2ccccc2)c1N1c2ccc3c(oc4c3ccc3c4c4ccccc4n3-c3ccccc3)c2C2(C)C=CC=CC12. The maximum atomic E-state index is 7.48. The number of nitrogens with zero attached hydrogens (tertiary/aromatic N) is 4. The topological polar surface area (TPSA) is 47.1 Å². The Morgan fingerprint density at radius 3 is 1.92 bits per heavy atom. The Morgan fingerprint density at radius 2 is 1.15 bits per heavy atom. The summed E-state index contributed by atoms with van der Waals surface area (Å²) in [5, 5.41) is 4.56. The van der Waals surface area contributed by atoms with E-state index >= 15 is 0 Å². The Bertz CT molecular complexity index is 3970. The molecule has 1 aliphatic heterocycles. The summed E-state index contributed by atoms with van der Waals surface area (Å²) in [5.41, 5.74) is 16.7. The van der Waals surface area contributed by atoms with Gasteiger partial charge in [0.05, 0.1) is 39.5 Å². The molecule has 11 aromatic rings. The van der Waals surface area contributed by atoms with E-state index < -0.39 is 5.41 Å². The molecule has 0 bridgehead atoms. The second kappa shape index (κ2) is 16.1. The molecule has 0 saturated carbocycles. The highest BCUT2D eigenvalue weighted by molar-refractivity contribution is 6.24. The maximum absolute atomic E-state index is 7.48. The molecule has 4 heterocycles. The highest BCUT2D eigenvalue weighted by atomic mass is 16.3. The van der Waals surface area contributed by atoms with E-state index in [1.54, 1.807) is 0 Å². The molecule has 338 valence electrons.